The van der Waals surface area contributed by atoms with Crippen LogP contribution in [-0.4, -0.2) is 28.8 Å². The van der Waals surface area contributed by atoms with Crippen LogP contribution in [0.25, 0.3) is 10.9 Å². The number of thioether (sulfide) groups is 1. The molecule has 0 saturated carbocycles. The fourth-order valence-corrected chi connectivity index (χ4v) is 3.46. The largest absolute Gasteiger partial charge is 0.478 e. The van der Waals surface area contributed by atoms with Gasteiger partial charge in [-0.2, -0.15) is 0 Å². The summed E-state index contributed by atoms with van der Waals surface area (Å²) in [5.41, 5.74) is -0.182. The van der Waals surface area contributed by atoms with E-state index in [-0.39, 0.29) is 11.7 Å². The van der Waals surface area contributed by atoms with Crippen LogP contribution in [0.5, 0.6) is 5.75 Å². The second kappa shape index (κ2) is 7.83. The lowest BCUT2D eigenvalue weighted by molar-refractivity contribution is -0.134. The molecule has 1 heterocycles. The van der Waals surface area contributed by atoms with Gasteiger partial charge in [-0.3, -0.25) is 4.79 Å². The van der Waals surface area contributed by atoms with Crippen molar-refractivity contribution in [3.8, 4) is 5.75 Å². The van der Waals surface area contributed by atoms with Crippen LogP contribution in [0.3, 0.4) is 0 Å². The molecule has 1 aromatic heterocycles. The number of fused-ring (bicyclic) bond motifs is 1. The van der Waals surface area contributed by atoms with Crippen molar-refractivity contribution in [2.45, 2.75) is 24.3 Å². The maximum atomic E-state index is 13.2. The average molecular weight is 372 g/mol. The van der Waals surface area contributed by atoms with Crippen molar-refractivity contribution in [1.82, 2.24) is 10.3 Å². The van der Waals surface area contributed by atoms with Gasteiger partial charge >= 0.3 is 0 Å². The Morgan fingerprint density at radius 3 is 2.77 bits per heavy atom. The number of nitrogens with one attached hydrogen (secondary N) is 2. The maximum absolute atomic E-state index is 13.2. The first-order chi connectivity index (χ1) is 12.5. The molecule has 0 unspecified atom stereocenters. The summed E-state index contributed by atoms with van der Waals surface area (Å²) < 4.78 is 19.0. The van der Waals surface area contributed by atoms with Crippen LogP contribution in [-0.2, 0) is 4.79 Å². The number of amides is 1. The number of hydrogen-bond acceptors (Lipinski definition) is 3. The van der Waals surface area contributed by atoms with Crippen LogP contribution in [0, 0.1) is 5.82 Å². The summed E-state index contributed by atoms with van der Waals surface area (Å²) in [5.74, 6) is 0.942. The van der Waals surface area contributed by atoms with Crippen molar-refractivity contribution in [3.05, 3.63) is 60.5 Å². The average Bonchev–Trinajstić information content (AvgIpc) is 3.01. The summed E-state index contributed by atoms with van der Waals surface area (Å²) >= 11 is 1.61. The molecule has 0 bridgehead atoms. The number of para-hydroxylation sites is 1. The number of halogens is 1. The molecule has 1 amide bonds. The van der Waals surface area contributed by atoms with E-state index in [9.17, 15) is 9.18 Å². The van der Waals surface area contributed by atoms with Crippen LogP contribution in [0.2, 0.25) is 0 Å². The molecular formula is C20H21FN2O2S. The number of hydrogen-bond donors (Lipinski definition) is 2. The molecular weight excluding hydrogens is 351 g/mol. The Labute approximate surface area is 156 Å². The first-order valence-corrected chi connectivity index (χ1v) is 9.36. The summed E-state index contributed by atoms with van der Waals surface area (Å²) in [6.45, 7) is 4.01. The lowest BCUT2D eigenvalue weighted by Crippen LogP contribution is -2.47. The normalized spacial score (nSPS) is 11.5. The van der Waals surface area contributed by atoms with Gasteiger partial charge in [0.05, 0.1) is 0 Å². The second-order valence-corrected chi connectivity index (χ2v) is 7.51. The van der Waals surface area contributed by atoms with Gasteiger partial charge in [-0.25, -0.2) is 4.39 Å². The third-order valence-corrected chi connectivity index (χ3v) is 4.97. The molecule has 2 aromatic carbocycles. The monoisotopic (exact) mass is 372 g/mol. The van der Waals surface area contributed by atoms with Gasteiger partial charge in [0, 0.05) is 34.3 Å². The number of ether oxygens (including phenoxy) is 1. The first-order valence-electron chi connectivity index (χ1n) is 8.37. The van der Waals surface area contributed by atoms with Crippen molar-refractivity contribution in [3.63, 3.8) is 0 Å². The third-order valence-electron chi connectivity index (χ3n) is 3.91. The van der Waals surface area contributed by atoms with Crippen LogP contribution >= 0.6 is 11.8 Å². The standard InChI is InChI=1S/C20H21FN2O2S/c1-20(2,25-15-6-4-3-5-7-15)19(24)22-10-11-26-18-13-23-17-12-14(21)8-9-16(17)18/h3-9,12-13,23H,10-11H2,1-2H3,(H,22,24). The van der Waals surface area contributed by atoms with E-state index >= 15 is 0 Å². The number of carbonyl (C=O) groups excluding carboxylic acids is 1. The second-order valence-electron chi connectivity index (χ2n) is 6.37. The van der Waals surface area contributed by atoms with Crippen LogP contribution in [0.15, 0.2) is 59.6 Å². The number of rotatable bonds is 7. The van der Waals surface area contributed by atoms with E-state index in [0.29, 0.717) is 18.0 Å². The van der Waals surface area contributed by atoms with Gasteiger partial charge in [0.25, 0.3) is 5.91 Å². The molecule has 6 heteroatoms. The highest BCUT2D eigenvalue weighted by Gasteiger charge is 2.29. The Hall–Kier alpha value is -2.47. The van der Waals surface area contributed by atoms with E-state index in [4.69, 9.17) is 4.74 Å². The summed E-state index contributed by atoms with van der Waals surface area (Å²) in [6, 6.07) is 14.0. The van der Waals surface area contributed by atoms with Crippen molar-refractivity contribution >= 4 is 28.6 Å². The van der Waals surface area contributed by atoms with E-state index in [1.807, 2.05) is 36.5 Å². The number of aromatic amines is 1. The molecule has 0 aliphatic rings. The van der Waals surface area contributed by atoms with Crippen LogP contribution < -0.4 is 10.1 Å². The molecule has 136 valence electrons. The molecule has 0 atom stereocenters. The summed E-state index contributed by atoms with van der Waals surface area (Å²) in [5, 5.41) is 3.89. The Bertz CT molecular complexity index is 893. The van der Waals surface area contributed by atoms with E-state index in [2.05, 4.69) is 10.3 Å². The fourth-order valence-electron chi connectivity index (χ4n) is 2.56. The quantitative estimate of drug-likeness (QED) is 0.478. The molecule has 2 N–H and O–H groups in total. The molecule has 26 heavy (non-hydrogen) atoms. The number of H-pyrrole nitrogens is 1. The fraction of sp³-hybridized carbons (Fsp3) is 0.250. The Kier molecular flexibility index (Phi) is 5.52. The maximum Gasteiger partial charge on any atom is 0.263 e. The highest BCUT2D eigenvalue weighted by Crippen LogP contribution is 2.28. The van der Waals surface area contributed by atoms with Crippen LogP contribution in [0.4, 0.5) is 4.39 Å². The zero-order valence-corrected chi connectivity index (χ0v) is 15.5. The molecule has 0 radical (unpaired) electrons. The minimum absolute atomic E-state index is 0.164. The molecule has 3 aromatic rings. The molecule has 0 fully saturated rings. The molecule has 4 nitrogen and oxygen atoms in total. The van der Waals surface area contributed by atoms with E-state index in [1.54, 1.807) is 31.7 Å². The smallest absolute Gasteiger partial charge is 0.263 e. The Morgan fingerprint density at radius 1 is 1.23 bits per heavy atom. The molecule has 0 saturated heterocycles. The van der Waals surface area contributed by atoms with Gasteiger partial charge in [-0.1, -0.05) is 18.2 Å². The lowest BCUT2D eigenvalue weighted by atomic mass is 10.1. The van der Waals surface area contributed by atoms with Gasteiger partial charge in [-0.05, 0) is 44.2 Å². The SMILES string of the molecule is CC(C)(Oc1ccccc1)C(=O)NCCSc1c[nH]c2cc(F)ccc12. The molecule has 0 spiro atoms. The van der Waals surface area contributed by atoms with E-state index < -0.39 is 5.60 Å². The summed E-state index contributed by atoms with van der Waals surface area (Å²) in [6.07, 6.45) is 1.86. The van der Waals surface area contributed by atoms with Gasteiger partial charge in [0.15, 0.2) is 5.60 Å². The van der Waals surface area contributed by atoms with E-state index in [1.165, 1.54) is 12.1 Å². The predicted octanol–water partition coefficient (Wildman–Crippen LogP) is 4.37. The molecule has 3 rings (SSSR count). The van der Waals surface area contributed by atoms with Crippen molar-refractivity contribution in [1.29, 1.82) is 0 Å². The number of aromatic nitrogens is 1. The Balaban J connectivity index is 1.50. The highest BCUT2D eigenvalue weighted by atomic mass is 32.2. The topological polar surface area (TPSA) is 54.1 Å². The van der Waals surface area contributed by atoms with E-state index in [0.717, 1.165) is 15.8 Å². The van der Waals surface area contributed by atoms with Crippen LogP contribution in [0.1, 0.15) is 13.8 Å². The van der Waals surface area contributed by atoms with Crippen molar-refractivity contribution in [2.24, 2.45) is 0 Å². The first kappa shape index (κ1) is 18.3. The van der Waals surface area contributed by atoms with Gasteiger partial charge in [0.2, 0.25) is 0 Å². The van der Waals surface area contributed by atoms with Gasteiger partial charge in [0.1, 0.15) is 11.6 Å². The predicted molar refractivity (Wildman–Crippen MR) is 103 cm³/mol. The minimum Gasteiger partial charge on any atom is -0.478 e. The van der Waals surface area contributed by atoms with Gasteiger partial charge < -0.3 is 15.0 Å². The van der Waals surface area contributed by atoms with Gasteiger partial charge in [-0.15, -0.1) is 11.8 Å². The summed E-state index contributed by atoms with van der Waals surface area (Å²) in [7, 11) is 0. The summed E-state index contributed by atoms with van der Waals surface area (Å²) in [4.78, 5) is 16.5. The zero-order chi connectivity index (χ0) is 18.6. The highest BCUT2D eigenvalue weighted by molar-refractivity contribution is 7.99. The number of carbonyl (C=O) groups is 1. The van der Waals surface area contributed by atoms with Crippen molar-refractivity contribution in [2.75, 3.05) is 12.3 Å². The number of benzene rings is 2. The molecule has 0 aliphatic heterocycles. The lowest BCUT2D eigenvalue weighted by Gasteiger charge is -2.25. The molecule has 0 aliphatic carbocycles. The van der Waals surface area contributed by atoms with Crippen molar-refractivity contribution < 1.29 is 13.9 Å². The Morgan fingerprint density at radius 2 is 2.00 bits per heavy atom. The minimum atomic E-state index is -0.954. The third kappa shape index (κ3) is 4.38. The zero-order valence-electron chi connectivity index (χ0n) is 14.7.